The molecule has 0 aliphatic carbocycles. The second kappa shape index (κ2) is 8.66. The average Bonchev–Trinajstić information content (AvgIpc) is 3.16. The Morgan fingerprint density at radius 2 is 1.86 bits per heavy atom. The molecular formula is C19H14FN5O3. The largest absolute Gasteiger partial charge is 0.299 e. The van der Waals surface area contributed by atoms with Crippen molar-refractivity contribution in [1.82, 2.24) is 15.8 Å². The van der Waals surface area contributed by atoms with Gasteiger partial charge in [0, 0.05) is 6.42 Å². The summed E-state index contributed by atoms with van der Waals surface area (Å²) in [6.45, 7) is 6.94. The number of halogens is 1. The van der Waals surface area contributed by atoms with Gasteiger partial charge in [0.05, 0.1) is 18.7 Å². The molecule has 1 aromatic heterocycles. The van der Waals surface area contributed by atoms with E-state index < -0.39 is 5.82 Å². The van der Waals surface area contributed by atoms with Gasteiger partial charge in [0.25, 0.3) is 0 Å². The molecule has 2 aromatic carbocycles. The number of hydrogen-bond acceptors (Lipinski definition) is 6. The molecule has 0 aliphatic rings. The van der Waals surface area contributed by atoms with Crippen LogP contribution in [0.2, 0.25) is 0 Å². The first kappa shape index (κ1) is 18.9. The lowest BCUT2D eigenvalue weighted by molar-refractivity contribution is -0.117. The number of nitrogens with zero attached hydrogens (tertiary/aromatic N) is 4. The number of ketones is 1. The van der Waals surface area contributed by atoms with E-state index in [9.17, 15) is 14.4 Å². The summed E-state index contributed by atoms with van der Waals surface area (Å²) in [5.74, 6) is -0.667. The Balaban J connectivity index is 1.75. The molecule has 1 heterocycles. The van der Waals surface area contributed by atoms with Crippen molar-refractivity contribution >= 4 is 23.0 Å². The van der Waals surface area contributed by atoms with Crippen molar-refractivity contribution in [1.29, 1.82) is 0 Å². The smallest absolute Gasteiger partial charge is 0.187 e. The highest BCUT2D eigenvalue weighted by Crippen LogP contribution is 2.16. The summed E-state index contributed by atoms with van der Waals surface area (Å²) in [5, 5.41) is 16.8. The Bertz CT molecular complexity index is 1040. The minimum atomic E-state index is -0.420. The lowest BCUT2D eigenvalue weighted by atomic mass is 10.0. The summed E-state index contributed by atoms with van der Waals surface area (Å²) in [6, 6.07) is 12.0. The fraction of sp³-hybridized carbons (Fsp3) is 0.105. The summed E-state index contributed by atoms with van der Waals surface area (Å²) in [4.78, 5) is 19.8. The number of benzene rings is 2. The van der Waals surface area contributed by atoms with Crippen LogP contribution in [0, 0.1) is 12.4 Å². The van der Waals surface area contributed by atoms with Gasteiger partial charge in [-0.15, -0.1) is 0 Å². The van der Waals surface area contributed by atoms with Gasteiger partial charge >= 0.3 is 0 Å². The van der Waals surface area contributed by atoms with E-state index in [0.717, 1.165) is 5.56 Å². The molecule has 0 radical (unpaired) electrons. The summed E-state index contributed by atoms with van der Waals surface area (Å²) in [5.41, 5.74) is 3.78. The number of Topliss-reactive ketones (excluding diaryl/α,β-unsaturated/α-hetero) is 1. The van der Waals surface area contributed by atoms with Crippen molar-refractivity contribution in [2.24, 2.45) is 4.99 Å². The van der Waals surface area contributed by atoms with Crippen molar-refractivity contribution in [3.63, 3.8) is 0 Å². The van der Waals surface area contributed by atoms with Gasteiger partial charge in [-0.25, -0.2) is 18.9 Å². The summed E-state index contributed by atoms with van der Waals surface area (Å²) in [7, 11) is 0. The van der Waals surface area contributed by atoms with Crippen LogP contribution in [0.25, 0.3) is 4.85 Å². The maximum absolute atomic E-state index is 13.0. The van der Waals surface area contributed by atoms with Crippen LogP contribution in [0.3, 0.4) is 0 Å². The molecule has 0 amide bonds. The van der Waals surface area contributed by atoms with E-state index in [-0.39, 0.29) is 35.8 Å². The van der Waals surface area contributed by atoms with Crippen LogP contribution >= 0.6 is 0 Å². The number of carbonyl (C=O) groups is 1. The molecule has 0 atom stereocenters. The Labute approximate surface area is 159 Å². The summed E-state index contributed by atoms with van der Waals surface area (Å²) < 4.78 is 17.7. The van der Waals surface area contributed by atoms with Crippen LogP contribution in [-0.4, -0.2) is 27.1 Å². The number of carbonyl (C=O) groups excluding carboxylic acids is 1. The van der Waals surface area contributed by atoms with Gasteiger partial charge in [-0.05, 0) is 35.0 Å². The average molecular weight is 379 g/mol. The molecule has 0 aliphatic heterocycles. The van der Waals surface area contributed by atoms with Gasteiger partial charge in [-0.1, -0.05) is 29.4 Å². The van der Waals surface area contributed by atoms with E-state index in [1.165, 1.54) is 24.3 Å². The third-order valence-electron chi connectivity index (χ3n) is 3.79. The van der Waals surface area contributed by atoms with E-state index in [4.69, 9.17) is 6.57 Å². The zero-order valence-corrected chi connectivity index (χ0v) is 14.5. The first-order valence-corrected chi connectivity index (χ1v) is 8.13. The number of rotatable bonds is 6. The first-order valence-electron chi connectivity index (χ1n) is 8.13. The molecule has 0 saturated carbocycles. The SMILES string of the molecule is [C-]#[N+]c1ccc(CC(=O)Cc2nonc2C(=Nc2ccc(F)cc2)NO)cc1. The second-order valence-corrected chi connectivity index (χ2v) is 5.78. The maximum Gasteiger partial charge on any atom is 0.187 e. The standard InChI is InChI=1S/C19H14FN5O3/c1-21-14-6-2-12(3-7-14)10-16(26)11-17-18(25-28-24-17)19(23-27)22-15-8-4-13(20)5-9-15/h2-9,27H,10-11H2,(H,22,23). The van der Waals surface area contributed by atoms with Crippen LogP contribution in [-0.2, 0) is 17.6 Å². The highest BCUT2D eigenvalue weighted by molar-refractivity contribution is 5.99. The molecule has 0 saturated heterocycles. The topological polar surface area (TPSA) is 105 Å². The molecular weight excluding hydrogens is 365 g/mol. The van der Waals surface area contributed by atoms with Crippen molar-refractivity contribution in [3.8, 4) is 0 Å². The molecule has 9 heteroatoms. The highest BCUT2D eigenvalue weighted by Gasteiger charge is 2.19. The molecule has 0 bridgehead atoms. The zero-order chi connectivity index (χ0) is 19.9. The molecule has 8 nitrogen and oxygen atoms in total. The van der Waals surface area contributed by atoms with Crippen molar-refractivity contribution in [2.45, 2.75) is 12.8 Å². The molecule has 140 valence electrons. The molecule has 2 N–H and O–H groups in total. The number of aromatic nitrogens is 2. The van der Waals surface area contributed by atoms with Gasteiger partial charge in [-0.2, -0.15) is 0 Å². The number of hydrogen-bond donors (Lipinski definition) is 2. The quantitative estimate of drug-likeness (QED) is 0.295. The van der Waals surface area contributed by atoms with E-state index in [1.54, 1.807) is 24.3 Å². The zero-order valence-electron chi connectivity index (χ0n) is 14.5. The lowest BCUT2D eigenvalue weighted by Crippen LogP contribution is -2.23. The predicted octanol–water partition coefficient (Wildman–Crippen LogP) is 3.17. The summed E-state index contributed by atoms with van der Waals surface area (Å²) in [6.07, 6.45) is 0.0507. The van der Waals surface area contributed by atoms with Gasteiger partial charge in [0.15, 0.2) is 17.2 Å². The van der Waals surface area contributed by atoms with Crippen molar-refractivity contribution in [2.75, 3.05) is 0 Å². The van der Waals surface area contributed by atoms with Crippen molar-refractivity contribution in [3.05, 3.63) is 82.7 Å². The predicted molar refractivity (Wildman–Crippen MR) is 96.9 cm³/mol. The van der Waals surface area contributed by atoms with E-state index in [1.807, 2.05) is 5.48 Å². The van der Waals surface area contributed by atoms with E-state index in [0.29, 0.717) is 11.4 Å². The van der Waals surface area contributed by atoms with Crippen LogP contribution in [0.4, 0.5) is 15.8 Å². The van der Waals surface area contributed by atoms with Gasteiger partial charge in [-0.3, -0.25) is 15.5 Å². The molecule has 0 spiro atoms. The van der Waals surface area contributed by atoms with E-state index in [2.05, 4.69) is 24.8 Å². The number of nitrogens with one attached hydrogen (secondary N) is 1. The third-order valence-corrected chi connectivity index (χ3v) is 3.79. The van der Waals surface area contributed by atoms with Gasteiger partial charge < -0.3 is 0 Å². The second-order valence-electron chi connectivity index (χ2n) is 5.78. The minimum Gasteiger partial charge on any atom is -0.299 e. The van der Waals surface area contributed by atoms with E-state index >= 15 is 0 Å². The third kappa shape index (κ3) is 4.63. The van der Waals surface area contributed by atoms with Gasteiger partial charge in [0.2, 0.25) is 0 Å². The highest BCUT2D eigenvalue weighted by atomic mass is 19.1. The van der Waals surface area contributed by atoms with Crippen LogP contribution in [0.5, 0.6) is 0 Å². The molecule has 28 heavy (non-hydrogen) atoms. The molecule has 3 rings (SSSR count). The van der Waals surface area contributed by atoms with Crippen molar-refractivity contribution < 1.29 is 19.0 Å². The fourth-order valence-electron chi connectivity index (χ4n) is 2.44. The van der Waals surface area contributed by atoms with Gasteiger partial charge in [0.1, 0.15) is 17.3 Å². The normalized spacial score (nSPS) is 11.1. The molecule has 0 unspecified atom stereocenters. The minimum absolute atomic E-state index is 0.0727. The Hall–Kier alpha value is -3.90. The fourth-order valence-corrected chi connectivity index (χ4v) is 2.44. The van der Waals surface area contributed by atoms with Crippen LogP contribution < -0.4 is 5.48 Å². The lowest BCUT2D eigenvalue weighted by Gasteiger charge is -2.04. The Morgan fingerprint density at radius 1 is 1.14 bits per heavy atom. The first-order chi connectivity index (χ1) is 13.6. The Kier molecular flexibility index (Phi) is 5.84. The van der Waals surface area contributed by atoms with Crippen LogP contribution in [0.1, 0.15) is 17.0 Å². The number of hydroxylamine groups is 1. The Morgan fingerprint density at radius 3 is 2.50 bits per heavy atom. The monoisotopic (exact) mass is 379 g/mol. The molecule has 0 fully saturated rings. The number of aliphatic imine (C=N–C) groups is 1. The molecule has 3 aromatic rings. The summed E-state index contributed by atoms with van der Waals surface area (Å²) >= 11 is 0. The maximum atomic E-state index is 13.0. The van der Waals surface area contributed by atoms with Crippen LogP contribution in [0.15, 0.2) is 58.2 Å². The number of amidine groups is 1.